The normalized spacial score (nSPS) is 24.1. The molecule has 0 radical (unpaired) electrons. The molecular weight excluding hydrogens is 110 g/mol. The van der Waals surface area contributed by atoms with Crippen LogP contribution in [0.5, 0.6) is 0 Å². The highest BCUT2D eigenvalue weighted by Gasteiger charge is 2.21. The lowest BCUT2D eigenvalue weighted by Crippen LogP contribution is -2.01. The molecular formula is C8H15N. The minimum absolute atomic E-state index is 0.425. The van der Waals surface area contributed by atoms with Crippen molar-refractivity contribution < 1.29 is 0 Å². The molecule has 0 aromatic heterocycles. The van der Waals surface area contributed by atoms with Crippen LogP contribution >= 0.6 is 0 Å². The lowest BCUT2D eigenvalue weighted by molar-refractivity contribution is 0.470. The summed E-state index contributed by atoms with van der Waals surface area (Å²) in [5.41, 5.74) is 7.34. The van der Waals surface area contributed by atoms with Crippen LogP contribution in [0.3, 0.4) is 0 Å². The summed E-state index contributed by atoms with van der Waals surface area (Å²) in [7, 11) is 0. The van der Waals surface area contributed by atoms with Crippen molar-refractivity contribution in [3.05, 3.63) is 11.6 Å². The van der Waals surface area contributed by atoms with E-state index in [2.05, 4.69) is 19.9 Å². The Morgan fingerprint density at radius 2 is 2.33 bits per heavy atom. The van der Waals surface area contributed by atoms with E-state index in [9.17, 15) is 0 Å². The van der Waals surface area contributed by atoms with Gasteiger partial charge in [0.05, 0.1) is 0 Å². The highest BCUT2D eigenvalue weighted by atomic mass is 14.5. The fourth-order valence-electron chi connectivity index (χ4n) is 1.34. The minimum Gasteiger partial charge on any atom is -0.327 e. The molecule has 0 spiro atoms. The second-order valence-corrected chi connectivity index (χ2v) is 3.50. The number of hydrogen-bond donors (Lipinski definition) is 1. The lowest BCUT2D eigenvalue weighted by Gasteiger charge is -2.11. The smallest absolute Gasteiger partial charge is 0.0137 e. The molecule has 0 fully saturated rings. The van der Waals surface area contributed by atoms with Crippen LogP contribution in [-0.4, -0.2) is 6.54 Å². The van der Waals surface area contributed by atoms with Crippen molar-refractivity contribution in [3.63, 3.8) is 0 Å². The van der Waals surface area contributed by atoms with E-state index >= 15 is 0 Å². The Kier molecular flexibility index (Phi) is 1.62. The van der Waals surface area contributed by atoms with Crippen LogP contribution in [0.4, 0.5) is 0 Å². The predicted molar refractivity (Wildman–Crippen MR) is 40.2 cm³/mol. The zero-order chi connectivity index (χ0) is 6.91. The SMILES string of the molecule is CC1(C)C=C(CN)CC1. The van der Waals surface area contributed by atoms with Crippen LogP contribution in [0, 0.1) is 5.41 Å². The highest BCUT2D eigenvalue weighted by Crippen LogP contribution is 2.33. The standard InChI is InChI=1S/C8H15N/c1-8(2)4-3-7(5-8)6-9/h5H,3-4,6,9H2,1-2H3. The Morgan fingerprint density at radius 3 is 2.56 bits per heavy atom. The average Bonchev–Trinajstić information content (AvgIpc) is 2.10. The van der Waals surface area contributed by atoms with Gasteiger partial charge in [-0.1, -0.05) is 25.5 Å². The first-order valence-electron chi connectivity index (χ1n) is 3.55. The van der Waals surface area contributed by atoms with E-state index < -0.39 is 0 Å². The molecule has 0 heterocycles. The van der Waals surface area contributed by atoms with Crippen molar-refractivity contribution in [3.8, 4) is 0 Å². The lowest BCUT2D eigenvalue weighted by atomic mass is 9.94. The van der Waals surface area contributed by atoms with Crippen LogP contribution in [0.1, 0.15) is 26.7 Å². The van der Waals surface area contributed by atoms with Gasteiger partial charge in [-0.3, -0.25) is 0 Å². The maximum absolute atomic E-state index is 5.49. The topological polar surface area (TPSA) is 26.0 Å². The summed E-state index contributed by atoms with van der Waals surface area (Å²) in [4.78, 5) is 0. The fourth-order valence-corrected chi connectivity index (χ4v) is 1.34. The molecule has 0 aliphatic heterocycles. The van der Waals surface area contributed by atoms with Crippen LogP contribution in [0.2, 0.25) is 0 Å². The highest BCUT2D eigenvalue weighted by molar-refractivity contribution is 5.15. The molecule has 1 aliphatic rings. The van der Waals surface area contributed by atoms with Gasteiger partial charge in [0.15, 0.2) is 0 Å². The predicted octanol–water partition coefficient (Wildman–Crippen LogP) is 1.69. The molecule has 0 unspecified atom stereocenters. The van der Waals surface area contributed by atoms with Gasteiger partial charge in [-0.15, -0.1) is 0 Å². The third-order valence-corrected chi connectivity index (χ3v) is 1.95. The van der Waals surface area contributed by atoms with Gasteiger partial charge in [-0.25, -0.2) is 0 Å². The second kappa shape index (κ2) is 2.14. The van der Waals surface area contributed by atoms with Gasteiger partial charge in [-0.2, -0.15) is 0 Å². The van der Waals surface area contributed by atoms with E-state index in [0.29, 0.717) is 5.41 Å². The van der Waals surface area contributed by atoms with Crippen molar-refractivity contribution in [1.29, 1.82) is 0 Å². The first-order valence-corrected chi connectivity index (χ1v) is 3.55. The van der Waals surface area contributed by atoms with Gasteiger partial charge >= 0.3 is 0 Å². The Bertz CT molecular complexity index is 134. The van der Waals surface area contributed by atoms with Gasteiger partial charge in [0.1, 0.15) is 0 Å². The molecule has 0 saturated carbocycles. The van der Waals surface area contributed by atoms with E-state index in [0.717, 1.165) is 6.54 Å². The molecule has 0 amide bonds. The summed E-state index contributed by atoms with van der Waals surface area (Å²) in [6.45, 7) is 5.27. The summed E-state index contributed by atoms with van der Waals surface area (Å²) >= 11 is 0. The summed E-state index contributed by atoms with van der Waals surface area (Å²) in [5.74, 6) is 0. The number of hydrogen-bond acceptors (Lipinski definition) is 1. The maximum atomic E-state index is 5.49. The Balaban J connectivity index is 2.61. The molecule has 1 heteroatoms. The molecule has 0 saturated heterocycles. The van der Waals surface area contributed by atoms with E-state index in [1.54, 1.807) is 0 Å². The minimum atomic E-state index is 0.425. The van der Waals surface area contributed by atoms with Gasteiger partial charge < -0.3 is 5.73 Å². The van der Waals surface area contributed by atoms with Crippen molar-refractivity contribution >= 4 is 0 Å². The van der Waals surface area contributed by atoms with E-state index in [-0.39, 0.29) is 0 Å². The number of rotatable bonds is 1. The maximum Gasteiger partial charge on any atom is 0.0137 e. The van der Waals surface area contributed by atoms with Gasteiger partial charge in [-0.05, 0) is 18.3 Å². The first kappa shape index (κ1) is 6.81. The van der Waals surface area contributed by atoms with Crippen LogP contribution in [0.15, 0.2) is 11.6 Å². The molecule has 52 valence electrons. The third-order valence-electron chi connectivity index (χ3n) is 1.95. The average molecular weight is 125 g/mol. The molecule has 1 rings (SSSR count). The summed E-state index contributed by atoms with van der Waals surface area (Å²) in [6.07, 6.45) is 4.80. The molecule has 0 aromatic rings. The molecule has 1 nitrogen and oxygen atoms in total. The van der Waals surface area contributed by atoms with Gasteiger partial charge in [0, 0.05) is 6.54 Å². The Morgan fingerprint density at radius 1 is 1.67 bits per heavy atom. The van der Waals surface area contributed by atoms with Crippen molar-refractivity contribution in [2.24, 2.45) is 11.1 Å². The van der Waals surface area contributed by atoms with Gasteiger partial charge in [0.25, 0.3) is 0 Å². The largest absolute Gasteiger partial charge is 0.327 e. The number of allylic oxidation sites excluding steroid dienone is 1. The van der Waals surface area contributed by atoms with E-state index in [1.165, 1.54) is 18.4 Å². The summed E-state index contributed by atoms with van der Waals surface area (Å²) in [5, 5.41) is 0. The Labute approximate surface area is 56.9 Å². The summed E-state index contributed by atoms with van der Waals surface area (Å²) in [6, 6.07) is 0. The number of nitrogens with two attached hydrogens (primary N) is 1. The fraction of sp³-hybridized carbons (Fsp3) is 0.750. The second-order valence-electron chi connectivity index (χ2n) is 3.50. The van der Waals surface area contributed by atoms with Crippen molar-refractivity contribution in [2.75, 3.05) is 6.54 Å². The quantitative estimate of drug-likeness (QED) is 0.530. The van der Waals surface area contributed by atoms with Crippen LogP contribution in [0.25, 0.3) is 0 Å². The molecule has 0 bridgehead atoms. The van der Waals surface area contributed by atoms with Crippen molar-refractivity contribution in [1.82, 2.24) is 0 Å². The van der Waals surface area contributed by atoms with E-state index in [1.807, 2.05) is 0 Å². The molecule has 2 N–H and O–H groups in total. The molecule has 0 atom stereocenters. The molecule has 0 aromatic carbocycles. The summed E-state index contributed by atoms with van der Waals surface area (Å²) < 4.78 is 0. The molecule has 9 heavy (non-hydrogen) atoms. The van der Waals surface area contributed by atoms with Crippen LogP contribution < -0.4 is 5.73 Å². The van der Waals surface area contributed by atoms with Crippen LogP contribution in [-0.2, 0) is 0 Å². The van der Waals surface area contributed by atoms with Crippen molar-refractivity contribution in [2.45, 2.75) is 26.7 Å². The first-order chi connectivity index (χ1) is 4.14. The third kappa shape index (κ3) is 1.55. The van der Waals surface area contributed by atoms with Gasteiger partial charge in [0.2, 0.25) is 0 Å². The van der Waals surface area contributed by atoms with E-state index in [4.69, 9.17) is 5.73 Å². The zero-order valence-electron chi connectivity index (χ0n) is 6.28. The Hall–Kier alpha value is -0.300. The zero-order valence-corrected chi connectivity index (χ0v) is 6.28. The molecule has 1 aliphatic carbocycles. The monoisotopic (exact) mass is 125 g/mol.